The predicted octanol–water partition coefficient (Wildman–Crippen LogP) is 2.35. The molecule has 1 aliphatic rings. The summed E-state index contributed by atoms with van der Waals surface area (Å²) in [6.07, 6.45) is 3.40. The quantitative estimate of drug-likeness (QED) is 0.787. The molecule has 1 N–H and O–H groups in total. The summed E-state index contributed by atoms with van der Waals surface area (Å²) in [4.78, 5) is 21.8. The second kappa shape index (κ2) is 6.26. The second-order valence-corrected chi connectivity index (χ2v) is 6.08. The standard InChI is InChI=1S/C16H15ClN4O3/c17-11-1-2-12-10(7-18-13(12)6-11)5-15(22)21-3-4-23-8-14(21)16-19-9-24-20-16/h1-2,6-7,9,14,18H,3-5,8H2/t14-/m0/s1. The van der Waals surface area contributed by atoms with Gasteiger partial charge in [0.2, 0.25) is 12.3 Å². The number of amides is 1. The Morgan fingerprint density at radius 2 is 2.38 bits per heavy atom. The number of hydrogen-bond donors (Lipinski definition) is 1. The highest BCUT2D eigenvalue weighted by Gasteiger charge is 2.31. The van der Waals surface area contributed by atoms with Gasteiger partial charge in [-0.1, -0.05) is 22.8 Å². The van der Waals surface area contributed by atoms with Crippen molar-refractivity contribution in [2.24, 2.45) is 0 Å². The number of morpholine rings is 1. The van der Waals surface area contributed by atoms with Crippen molar-refractivity contribution in [3.8, 4) is 0 Å². The van der Waals surface area contributed by atoms with Crippen molar-refractivity contribution < 1.29 is 14.1 Å². The summed E-state index contributed by atoms with van der Waals surface area (Å²) in [6.45, 7) is 1.38. The number of ether oxygens (including phenoxy) is 1. The maximum absolute atomic E-state index is 12.8. The summed E-state index contributed by atoms with van der Waals surface area (Å²) in [7, 11) is 0. The van der Waals surface area contributed by atoms with Crippen LogP contribution in [0, 0.1) is 0 Å². The van der Waals surface area contributed by atoms with E-state index < -0.39 is 0 Å². The van der Waals surface area contributed by atoms with Crippen molar-refractivity contribution in [3.05, 3.63) is 47.2 Å². The van der Waals surface area contributed by atoms with Gasteiger partial charge in [0.25, 0.3) is 0 Å². The number of aromatic nitrogens is 3. The van der Waals surface area contributed by atoms with Crippen LogP contribution < -0.4 is 0 Å². The van der Waals surface area contributed by atoms with Gasteiger partial charge in [0, 0.05) is 28.7 Å². The van der Waals surface area contributed by atoms with Gasteiger partial charge in [0.15, 0.2) is 5.82 Å². The van der Waals surface area contributed by atoms with Gasteiger partial charge in [0.1, 0.15) is 6.04 Å². The molecule has 124 valence electrons. The van der Waals surface area contributed by atoms with E-state index in [-0.39, 0.29) is 18.4 Å². The molecule has 1 aliphatic heterocycles. The largest absolute Gasteiger partial charge is 0.377 e. The number of benzene rings is 1. The molecule has 1 atom stereocenters. The Labute approximate surface area is 142 Å². The van der Waals surface area contributed by atoms with Gasteiger partial charge in [-0.25, -0.2) is 0 Å². The molecule has 0 bridgehead atoms. The van der Waals surface area contributed by atoms with E-state index in [4.69, 9.17) is 20.9 Å². The third kappa shape index (κ3) is 2.76. The van der Waals surface area contributed by atoms with Crippen LogP contribution in [-0.2, 0) is 16.0 Å². The number of fused-ring (bicyclic) bond motifs is 1. The number of nitrogens with zero attached hydrogens (tertiary/aromatic N) is 3. The summed E-state index contributed by atoms with van der Waals surface area (Å²) < 4.78 is 10.3. The number of H-pyrrole nitrogens is 1. The number of halogens is 1. The molecule has 1 aromatic carbocycles. The van der Waals surface area contributed by atoms with E-state index in [9.17, 15) is 4.79 Å². The molecule has 0 spiro atoms. The summed E-state index contributed by atoms with van der Waals surface area (Å²) in [5, 5.41) is 5.51. The molecular formula is C16H15ClN4O3. The third-order valence-electron chi connectivity index (χ3n) is 4.20. The highest BCUT2D eigenvalue weighted by Crippen LogP contribution is 2.25. The van der Waals surface area contributed by atoms with E-state index in [1.165, 1.54) is 6.39 Å². The zero-order valence-corrected chi connectivity index (χ0v) is 13.5. The van der Waals surface area contributed by atoms with Gasteiger partial charge in [0.05, 0.1) is 19.6 Å². The minimum absolute atomic E-state index is 0.00366. The Hall–Kier alpha value is -2.38. The van der Waals surface area contributed by atoms with Crippen molar-refractivity contribution >= 4 is 28.4 Å². The molecule has 0 unspecified atom stereocenters. The van der Waals surface area contributed by atoms with E-state index in [0.29, 0.717) is 30.6 Å². The molecule has 0 aliphatic carbocycles. The lowest BCUT2D eigenvalue weighted by atomic mass is 10.1. The van der Waals surface area contributed by atoms with Crippen LogP contribution in [0.2, 0.25) is 5.02 Å². The van der Waals surface area contributed by atoms with Crippen LogP contribution in [0.25, 0.3) is 10.9 Å². The zero-order valence-electron chi connectivity index (χ0n) is 12.7. The van der Waals surface area contributed by atoms with E-state index in [1.54, 1.807) is 4.90 Å². The Balaban J connectivity index is 1.57. The molecule has 0 radical (unpaired) electrons. The number of carbonyl (C=O) groups is 1. The van der Waals surface area contributed by atoms with Crippen LogP contribution in [0.4, 0.5) is 0 Å². The van der Waals surface area contributed by atoms with Gasteiger partial charge in [-0.3, -0.25) is 4.79 Å². The smallest absolute Gasteiger partial charge is 0.227 e. The van der Waals surface area contributed by atoms with Crippen molar-refractivity contribution in [1.29, 1.82) is 0 Å². The van der Waals surface area contributed by atoms with Gasteiger partial charge in [-0.05, 0) is 17.7 Å². The number of rotatable bonds is 3. The van der Waals surface area contributed by atoms with Crippen LogP contribution >= 0.6 is 11.6 Å². The summed E-state index contributed by atoms with van der Waals surface area (Å²) in [6, 6.07) is 5.28. The molecule has 2 aromatic heterocycles. The molecule has 4 rings (SSSR count). The molecule has 1 saturated heterocycles. The molecule has 8 heteroatoms. The fraction of sp³-hybridized carbons (Fsp3) is 0.312. The first-order valence-electron chi connectivity index (χ1n) is 7.61. The third-order valence-corrected chi connectivity index (χ3v) is 4.43. The van der Waals surface area contributed by atoms with E-state index in [2.05, 4.69) is 15.1 Å². The number of hydrogen-bond acceptors (Lipinski definition) is 5. The van der Waals surface area contributed by atoms with E-state index in [0.717, 1.165) is 16.5 Å². The van der Waals surface area contributed by atoms with Crippen molar-refractivity contribution in [1.82, 2.24) is 20.0 Å². The van der Waals surface area contributed by atoms with E-state index >= 15 is 0 Å². The second-order valence-electron chi connectivity index (χ2n) is 5.65. The normalized spacial score (nSPS) is 18.2. The molecule has 1 amide bonds. The number of aromatic amines is 1. The van der Waals surface area contributed by atoms with Crippen LogP contribution in [0.1, 0.15) is 17.4 Å². The first kappa shape index (κ1) is 15.2. The Kier molecular flexibility index (Phi) is 3.95. The highest BCUT2D eigenvalue weighted by atomic mass is 35.5. The van der Waals surface area contributed by atoms with Crippen molar-refractivity contribution in [3.63, 3.8) is 0 Å². The predicted molar refractivity (Wildman–Crippen MR) is 86.6 cm³/mol. The van der Waals surface area contributed by atoms with Crippen LogP contribution in [0.3, 0.4) is 0 Å². The average molecular weight is 347 g/mol. The molecule has 0 saturated carbocycles. The molecule has 1 fully saturated rings. The maximum atomic E-state index is 12.8. The Morgan fingerprint density at radius 3 is 3.21 bits per heavy atom. The monoisotopic (exact) mass is 346 g/mol. The topological polar surface area (TPSA) is 84.2 Å². The first-order chi connectivity index (χ1) is 11.7. The average Bonchev–Trinajstić information content (AvgIpc) is 3.25. The maximum Gasteiger partial charge on any atom is 0.227 e. The minimum Gasteiger partial charge on any atom is -0.377 e. The van der Waals surface area contributed by atoms with Gasteiger partial charge in [-0.2, -0.15) is 4.98 Å². The van der Waals surface area contributed by atoms with Crippen LogP contribution in [0.15, 0.2) is 35.3 Å². The lowest BCUT2D eigenvalue weighted by Crippen LogP contribution is -2.44. The SMILES string of the molecule is O=C(Cc1c[nH]c2cc(Cl)ccc12)N1CCOC[C@H]1c1ncon1. The van der Waals surface area contributed by atoms with Crippen LogP contribution in [0.5, 0.6) is 0 Å². The minimum atomic E-state index is -0.315. The van der Waals surface area contributed by atoms with Crippen molar-refractivity contribution in [2.45, 2.75) is 12.5 Å². The summed E-state index contributed by atoms with van der Waals surface area (Å²) in [5.74, 6) is 0.470. The number of nitrogens with one attached hydrogen (secondary N) is 1. The zero-order chi connectivity index (χ0) is 16.5. The molecule has 24 heavy (non-hydrogen) atoms. The highest BCUT2D eigenvalue weighted by molar-refractivity contribution is 6.31. The molecular weight excluding hydrogens is 332 g/mol. The molecule has 3 aromatic rings. The van der Waals surface area contributed by atoms with Crippen LogP contribution in [-0.4, -0.2) is 45.7 Å². The number of carbonyl (C=O) groups excluding carboxylic acids is 1. The fourth-order valence-electron chi connectivity index (χ4n) is 3.01. The molecule has 3 heterocycles. The summed E-state index contributed by atoms with van der Waals surface area (Å²) in [5.41, 5.74) is 1.85. The first-order valence-corrected chi connectivity index (χ1v) is 7.99. The fourth-order valence-corrected chi connectivity index (χ4v) is 3.18. The van der Waals surface area contributed by atoms with Gasteiger partial charge < -0.3 is 19.1 Å². The molecule has 7 nitrogen and oxygen atoms in total. The van der Waals surface area contributed by atoms with Crippen molar-refractivity contribution in [2.75, 3.05) is 19.8 Å². The van der Waals surface area contributed by atoms with Gasteiger partial charge >= 0.3 is 0 Å². The van der Waals surface area contributed by atoms with Gasteiger partial charge in [-0.15, -0.1) is 0 Å². The lowest BCUT2D eigenvalue weighted by Gasteiger charge is -2.33. The lowest BCUT2D eigenvalue weighted by molar-refractivity contribution is -0.139. The van der Waals surface area contributed by atoms with E-state index in [1.807, 2.05) is 24.4 Å². The summed E-state index contributed by atoms with van der Waals surface area (Å²) >= 11 is 6.00. The Morgan fingerprint density at radius 1 is 1.46 bits per heavy atom. The Bertz CT molecular complexity index is 861.